The minimum Gasteiger partial charge on any atom is -0.493 e. The molecule has 7 heteroatoms. The SMILES string of the molecule is O=C(CCOc1ccccc1)NC[C@@H]1CCC2(CCN(C(=O)c3ccncc3)CC2)O1. The lowest BCUT2D eigenvalue weighted by molar-refractivity contribution is -0.123. The molecular formula is C24H29N3O4. The van der Waals surface area contributed by atoms with Crippen molar-refractivity contribution in [1.82, 2.24) is 15.2 Å². The third-order valence-corrected chi connectivity index (χ3v) is 6.10. The van der Waals surface area contributed by atoms with Crippen molar-refractivity contribution in [2.75, 3.05) is 26.2 Å². The molecule has 0 radical (unpaired) electrons. The lowest BCUT2D eigenvalue weighted by Crippen LogP contribution is -2.47. The molecule has 2 amide bonds. The zero-order valence-electron chi connectivity index (χ0n) is 17.7. The molecule has 2 aliphatic heterocycles. The number of hydrogen-bond acceptors (Lipinski definition) is 5. The van der Waals surface area contributed by atoms with Gasteiger partial charge in [-0.3, -0.25) is 14.6 Å². The summed E-state index contributed by atoms with van der Waals surface area (Å²) in [5, 5.41) is 2.97. The predicted octanol–water partition coefficient (Wildman–Crippen LogP) is 2.82. The standard InChI is InChI=1S/C24H29N3O4/c28-22(9-17-30-20-4-2-1-3-5-20)26-18-21-6-10-24(31-21)11-15-27(16-12-24)23(29)19-7-13-25-14-8-19/h1-5,7-8,13-14,21H,6,9-12,15-18H2,(H,26,28)/t21-/m0/s1. The monoisotopic (exact) mass is 423 g/mol. The van der Waals surface area contributed by atoms with Crippen LogP contribution in [0.3, 0.4) is 0 Å². The second-order valence-electron chi connectivity index (χ2n) is 8.21. The van der Waals surface area contributed by atoms with E-state index < -0.39 is 0 Å². The highest BCUT2D eigenvalue weighted by Crippen LogP contribution is 2.39. The first-order valence-electron chi connectivity index (χ1n) is 11.0. The molecule has 2 fully saturated rings. The Morgan fingerprint density at radius 3 is 2.58 bits per heavy atom. The van der Waals surface area contributed by atoms with E-state index in [-0.39, 0.29) is 23.5 Å². The Bertz CT molecular complexity index is 867. The van der Waals surface area contributed by atoms with Crippen LogP contribution in [0.25, 0.3) is 0 Å². The van der Waals surface area contributed by atoms with Crippen molar-refractivity contribution in [1.29, 1.82) is 0 Å². The minimum absolute atomic E-state index is 0.0291. The fraction of sp³-hybridized carbons (Fsp3) is 0.458. The summed E-state index contributed by atoms with van der Waals surface area (Å²) in [5.41, 5.74) is 0.510. The van der Waals surface area contributed by atoms with Crippen molar-refractivity contribution in [2.24, 2.45) is 0 Å². The number of piperidine rings is 1. The van der Waals surface area contributed by atoms with Gasteiger partial charge in [0.25, 0.3) is 5.91 Å². The van der Waals surface area contributed by atoms with E-state index in [1.54, 1.807) is 24.5 Å². The second kappa shape index (κ2) is 9.92. The Morgan fingerprint density at radius 1 is 1.10 bits per heavy atom. The minimum atomic E-state index is -0.166. The first-order valence-corrected chi connectivity index (χ1v) is 11.0. The Morgan fingerprint density at radius 2 is 1.84 bits per heavy atom. The molecule has 31 heavy (non-hydrogen) atoms. The van der Waals surface area contributed by atoms with E-state index in [0.29, 0.717) is 38.2 Å². The summed E-state index contributed by atoms with van der Waals surface area (Å²) in [6.45, 7) is 2.26. The average molecular weight is 424 g/mol. The summed E-state index contributed by atoms with van der Waals surface area (Å²) in [5.74, 6) is 0.792. The molecular weight excluding hydrogens is 394 g/mol. The molecule has 3 heterocycles. The summed E-state index contributed by atoms with van der Waals surface area (Å²) >= 11 is 0. The van der Waals surface area contributed by atoms with E-state index in [1.807, 2.05) is 35.2 Å². The van der Waals surface area contributed by atoms with Crippen LogP contribution in [0, 0.1) is 0 Å². The molecule has 0 aliphatic carbocycles. The van der Waals surface area contributed by atoms with Gasteiger partial charge in [-0.2, -0.15) is 0 Å². The number of carbonyl (C=O) groups is 2. The Balaban J connectivity index is 1.16. The molecule has 1 atom stereocenters. The quantitative estimate of drug-likeness (QED) is 0.741. The highest BCUT2D eigenvalue weighted by molar-refractivity contribution is 5.94. The lowest BCUT2D eigenvalue weighted by atomic mass is 9.88. The summed E-state index contributed by atoms with van der Waals surface area (Å²) < 4.78 is 11.9. The zero-order chi connectivity index (χ0) is 21.5. The van der Waals surface area contributed by atoms with E-state index in [1.165, 1.54) is 0 Å². The summed E-state index contributed by atoms with van der Waals surface area (Å²) in [7, 11) is 0. The summed E-state index contributed by atoms with van der Waals surface area (Å²) in [6.07, 6.45) is 7.20. The van der Waals surface area contributed by atoms with E-state index >= 15 is 0 Å². The van der Waals surface area contributed by atoms with E-state index in [0.717, 1.165) is 31.4 Å². The molecule has 2 aliphatic rings. The number of aromatic nitrogens is 1. The Hall–Kier alpha value is -2.93. The number of pyridine rings is 1. The van der Waals surface area contributed by atoms with Gasteiger partial charge in [-0.25, -0.2) is 0 Å². The summed E-state index contributed by atoms with van der Waals surface area (Å²) in [4.78, 5) is 30.6. The summed E-state index contributed by atoms with van der Waals surface area (Å²) in [6, 6.07) is 13.0. The van der Waals surface area contributed by atoms with Gasteiger partial charge in [0, 0.05) is 37.6 Å². The molecule has 0 unspecified atom stereocenters. The van der Waals surface area contributed by atoms with E-state index in [2.05, 4.69) is 10.3 Å². The molecule has 7 nitrogen and oxygen atoms in total. The van der Waals surface area contributed by atoms with E-state index in [9.17, 15) is 9.59 Å². The highest BCUT2D eigenvalue weighted by Gasteiger charge is 2.43. The number of amides is 2. The van der Waals surface area contributed by atoms with Gasteiger partial charge >= 0.3 is 0 Å². The number of nitrogens with one attached hydrogen (secondary N) is 1. The van der Waals surface area contributed by atoms with Crippen molar-refractivity contribution in [3.63, 3.8) is 0 Å². The van der Waals surface area contributed by atoms with Crippen molar-refractivity contribution >= 4 is 11.8 Å². The van der Waals surface area contributed by atoms with Crippen LogP contribution in [0.15, 0.2) is 54.9 Å². The van der Waals surface area contributed by atoms with Gasteiger partial charge in [0.1, 0.15) is 5.75 Å². The van der Waals surface area contributed by atoms with Crippen LogP contribution in [0.2, 0.25) is 0 Å². The maximum atomic E-state index is 12.6. The maximum absolute atomic E-state index is 12.6. The molecule has 2 aromatic rings. The van der Waals surface area contributed by atoms with Gasteiger partial charge in [-0.15, -0.1) is 0 Å². The highest BCUT2D eigenvalue weighted by atomic mass is 16.5. The van der Waals surface area contributed by atoms with Gasteiger partial charge < -0.3 is 19.7 Å². The molecule has 0 bridgehead atoms. The van der Waals surface area contributed by atoms with Crippen LogP contribution in [-0.4, -0.2) is 59.6 Å². The molecule has 1 N–H and O–H groups in total. The molecule has 1 spiro atoms. The number of likely N-dealkylation sites (tertiary alicyclic amines) is 1. The molecule has 4 rings (SSSR count). The lowest BCUT2D eigenvalue weighted by Gasteiger charge is -2.39. The molecule has 164 valence electrons. The number of benzene rings is 1. The van der Waals surface area contributed by atoms with Gasteiger partial charge in [-0.05, 0) is 49.9 Å². The smallest absolute Gasteiger partial charge is 0.253 e. The number of nitrogens with zero attached hydrogens (tertiary/aromatic N) is 2. The van der Waals surface area contributed by atoms with Crippen molar-refractivity contribution in [3.05, 3.63) is 60.4 Å². The molecule has 1 aromatic carbocycles. The normalized spacial score (nSPS) is 19.9. The van der Waals surface area contributed by atoms with Crippen LogP contribution >= 0.6 is 0 Å². The predicted molar refractivity (Wildman–Crippen MR) is 116 cm³/mol. The average Bonchev–Trinajstić information content (AvgIpc) is 3.21. The third kappa shape index (κ3) is 5.61. The van der Waals surface area contributed by atoms with Gasteiger partial charge in [0.05, 0.1) is 24.7 Å². The topological polar surface area (TPSA) is 80.8 Å². The number of rotatable bonds is 7. The number of para-hydroxylation sites is 1. The molecule has 2 saturated heterocycles. The van der Waals surface area contributed by atoms with Crippen LogP contribution in [0.4, 0.5) is 0 Å². The fourth-order valence-corrected chi connectivity index (χ4v) is 4.30. The van der Waals surface area contributed by atoms with Crippen molar-refractivity contribution in [3.8, 4) is 5.75 Å². The first-order chi connectivity index (χ1) is 15.1. The van der Waals surface area contributed by atoms with Crippen LogP contribution in [0.1, 0.15) is 42.5 Å². The van der Waals surface area contributed by atoms with Crippen LogP contribution in [-0.2, 0) is 9.53 Å². The number of ether oxygens (including phenoxy) is 2. The van der Waals surface area contributed by atoms with Gasteiger partial charge in [-0.1, -0.05) is 18.2 Å². The van der Waals surface area contributed by atoms with Crippen LogP contribution in [0.5, 0.6) is 5.75 Å². The zero-order valence-corrected chi connectivity index (χ0v) is 17.7. The van der Waals surface area contributed by atoms with Gasteiger partial charge in [0.15, 0.2) is 0 Å². The van der Waals surface area contributed by atoms with Crippen molar-refractivity contribution < 1.29 is 19.1 Å². The molecule has 1 aromatic heterocycles. The van der Waals surface area contributed by atoms with Crippen LogP contribution < -0.4 is 10.1 Å². The maximum Gasteiger partial charge on any atom is 0.253 e. The largest absolute Gasteiger partial charge is 0.493 e. The number of hydrogen-bond donors (Lipinski definition) is 1. The molecule has 0 saturated carbocycles. The first kappa shape index (κ1) is 21.3. The fourth-order valence-electron chi connectivity index (χ4n) is 4.30. The van der Waals surface area contributed by atoms with E-state index in [4.69, 9.17) is 9.47 Å². The van der Waals surface area contributed by atoms with Crippen molar-refractivity contribution in [2.45, 2.75) is 43.8 Å². The van der Waals surface area contributed by atoms with Gasteiger partial charge in [0.2, 0.25) is 5.91 Å². The Kier molecular flexibility index (Phi) is 6.82. The Labute approximate surface area is 182 Å². The number of carbonyl (C=O) groups excluding carboxylic acids is 2. The third-order valence-electron chi connectivity index (χ3n) is 6.10. The second-order valence-corrected chi connectivity index (χ2v) is 8.21.